The van der Waals surface area contributed by atoms with Crippen molar-refractivity contribution in [1.82, 2.24) is 5.32 Å². The molecule has 0 radical (unpaired) electrons. The summed E-state index contributed by atoms with van der Waals surface area (Å²) >= 11 is 0. The quantitative estimate of drug-likeness (QED) is 0.634. The van der Waals surface area contributed by atoms with E-state index >= 15 is 0 Å². The summed E-state index contributed by atoms with van der Waals surface area (Å²) in [6, 6.07) is 6.73. The number of nitrogens with one attached hydrogen (secondary N) is 1. The molecule has 4 nitrogen and oxygen atoms in total. The zero-order chi connectivity index (χ0) is 14.3. The van der Waals surface area contributed by atoms with E-state index in [1.165, 1.54) is 0 Å². The highest BCUT2D eigenvalue weighted by atomic mass is 16.5. The molecule has 104 valence electrons. The van der Waals surface area contributed by atoms with Crippen LogP contribution in [0.15, 0.2) is 24.3 Å². The van der Waals surface area contributed by atoms with Gasteiger partial charge in [-0.05, 0) is 32.4 Å². The van der Waals surface area contributed by atoms with Gasteiger partial charge in [-0.1, -0.05) is 25.5 Å². The van der Waals surface area contributed by atoms with Crippen LogP contribution in [0.25, 0.3) is 0 Å². The van der Waals surface area contributed by atoms with E-state index in [2.05, 4.69) is 5.32 Å². The van der Waals surface area contributed by atoms with E-state index in [9.17, 15) is 9.59 Å². The summed E-state index contributed by atoms with van der Waals surface area (Å²) in [6.45, 7) is 6.16. The van der Waals surface area contributed by atoms with Crippen molar-refractivity contribution in [3.63, 3.8) is 0 Å². The number of benzene rings is 1. The van der Waals surface area contributed by atoms with Crippen LogP contribution in [0.1, 0.15) is 54.3 Å². The molecule has 1 rings (SSSR count). The number of hydrogen-bond acceptors (Lipinski definition) is 3. The number of ether oxygens (including phenoxy) is 1. The van der Waals surface area contributed by atoms with Gasteiger partial charge in [-0.2, -0.15) is 0 Å². The van der Waals surface area contributed by atoms with Crippen molar-refractivity contribution in [2.75, 3.05) is 6.61 Å². The summed E-state index contributed by atoms with van der Waals surface area (Å²) in [5.74, 6) is -0.694. The monoisotopic (exact) mass is 263 g/mol. The first kappa shape index (κ1) is 15.2. The average Bonchev–Trinajstić information content (AvgIpc) is 2.38. The van der Waals surface area contributed by atoms with Crippen LogP contribution in [0.2, 0.25) is 0 Å². The van der Waals surface area contributed by atoms with Crippen molar-refractivity contribution in [2.45, 2.75) is 39.7 Å². The fraction of sp³-hybridized carbons (Fsp3) is 0.467. The van der Waals surface area contributed by atoms with Gasteiger partial charge < -0.3 is 10.1 Å². The van der Waals surface area contributed by atoms with E-state index in [1.54, 1.807) is 24.3 Å². The zero-order valence-electron chi connectivity index (χ0n) is 11.7. The summed E-state index contributed by atoms with van der Waals surface area (Å²) < 4.78 is 5.15. The first-order chi connectivity index (χ1) is 9.06. The average molecular weight is 263 g/mol. The minimum Gasteiger partial charge on any atom is -0.462 e. The molecule has 0 aromatic heterocycles. The Kier molecular flexibility index (Phi) is 6.06. The van der Waals surface area contributed by atoms with Crippen LogP contribution in [0.4, 0.5) is 0 Å². The predicted octanol–water partition coefficient (Wildman–Crippen LogP) is 2.78. The third kappa shape index (κ3) is 4.73. The molecule has 0 aliphatic carbocycles. The Balaban J connectivity index is 2.83. The van der Waals surface area contributed by atoms with Gasteiger partial charge in [-0.3, -0.25) is 4.79 Å². The molecule has 0 bridgehead atoms. The summed E-state index contributed by atoms with van der Waals surface area (Å²) in [6.07, 6.45) is 1.79. The molecule has 0 spiro atoms. The normalized spacial score (nSPS) is 10.3. The maximum atomic E-state index is 12.0. The molecule has 1 aromatic carbocycles. The minimum absolute atomic E-state index is 0.0247. The molecule has 0 atom stereocenters. The van der Waals surface area contributed by atoms with E-state index in [1.807, 2.05) is 20.8 Å². The summed E-state index contributed by atoms with van der Waals surface area (Å²) in [7, 11) is 0. The lowest BCUT2D eigenvalue weighted by molar-refractivity contribution is 0.0496. The number of amides is 1. The van der Waals surface area contributed by atoms with E-state index in [4.69, 9.17) is 4.74 Å². The second-order valence-electron chi connectivity index (χ2n) is 4.66. The predicted molar refractivity (Wildman–Crippen MR) is 74.2 cm³/mol. The second-order valence-corrected chi connectivity index (χ2v) is 4.66. The van der Waals surface area contributed by atoms with Crippen molar-refractivity contribution in [3.8, 4) is 0 Å². The molecule has 0 unspecified atom stereocenters. The van der Waals surface area contributed by atoms with Gasteiger partial charge in [0.25, 0.3) is 5.91 Å². The fourth-order valence-electron chi connectivity index (χ4n) is 1.59. The number of carbonyl (C=O) groups is 2. The van der Waals surface area contributed by atoms with Gasteiger partial charge in [0.15, 0.2) is 0 Å². The van der Waals surface area contributed by atoms with Gasteiger partial charge in [0, 0.05) is 6.04 Å². The van der Waals surface area contributed by atoms with Crippen molar-refractivity contribution >= 4 is 11.9 Å². The highest BCUT2D eigenvalue weighted by molar-refractivity contribution is 6.05. The largest absolute Gasteiger partial charge is 0.462 e. The van der Waals surface area contributed by atoms with Crippen LogP contribution in [0.5, 0.6) is 0 Å². The molecule has 0 saturated carbocycles. The Hall–Kier alpha value is -1.84. The lowest BCUT2D eigenvalue weighted by Gasteiger charge is -2.11. The van der Waals surface area contributed by atoms with E-state index < -0.39 is 5.97 Å². The first-order valence-corrected chi connectivity index (χ1v) is 6.63. The molecule has 1 aromatic rings. The number of esters is 1. The molecule has 19 heavy (non-hydrogen) atoms. The number of unbranched alkanes of at least 4 members (excludes halogenated alkanes) is 1. The molecule has 4 heteroatoms. The van der Waals surface area contributed by atoms with Crippen LogP contribution in [0, 0.1) is 0 Å². The third-order valence-electron chi connectivity index (χ3n) is 2.54. The topological polar surface area (TPSA) is 55.4 Å². The van der Waals surface area contributed by atoms with Crippen LogP contribution in [-0.2, 0) is 4.74 Å². The number of carbonyl (C=O) groups excluding carboxylic acids is 2. The smallest absolute Gasteiger partial charge is 0.338 e. The molecule has 0 saturated heterocycles. The SMILES string of the molecule is CCCCOC(=O)c1ccccc1C(=O)NC(C)C. The molecule has 1 N–H and O–H groups in total. The van der Waals surface area contributed by atoms with Crippen molar-refractivity contribution in [1.29, 1.82) is 0 Å². The third-order valence-corrected chi connectivity index (χ3v) is 2.54. The fourth-order valence-corrected chi connectivity index (χ4v) is 1.59. The Bertz CT molecular complexity index is 441. The molecule has 0 heterocycles. The van der Waals surface area contributed by atoms with Crippen LogP contribution in [0.3, 0.4) is 0 Å². The summed E-state index contributed by atoms with van der Waals surface area (Å²) in [5.41, 5.74) is 0.675. The van der Waals surface area contributed by atoms with Gasteiger partial charge in [0.05, 0.1) is 17.7 Å². The van der Waals surface area contributed by atoms with Crippen molar-refractivity contribution in [3.05, 3.63) is 35.4 Å². The summed E-state index contributed by atoms with van der Waals surface area (Å²) in [5, 5.41) is 2.77. The maximum absolute atomic E-state index is 12.0. The van der Waals surface area contributed by atoms with E-state index in [0.29, 0.717) is 17.7 Å². The lowest BCUT2D eigenvalue weighted by atomic mass is 10.1. The van der Waals surface area contributed by atoms with Crippen LogP contribution in [-0.4, -0.2) is 24.5 Å². The van der Waals surface area contributed by atoms with Gasteiger partial charge >= 0.3 is 5.97 Å². The molecular formula is C15H21NO3. The highest BCUT2D eigenvalue weighted by Gasteiger charge is 2.17. The van der Waals surface area contributed by atoms with Crippen molar-refractivity contribution in [2.24, 2.45) is 0 Å². The minimum atomic E-state index is -0.442. The van der Waals surface area contributed by atoms with E-state index in [0.717, 1.165) is 12.8 Å². The number of rotatable bonds is 6. The van der Waals surface area contributed by atoms with Gasteiger partial charge in [-0.15, -0.1) is 0 Å². The highest BCUT2D eigenvalue weighted by Crippen LogP contribution is 2.11. The van der Waals surface area contributed by atoms with Gasteiger partial charge in [0.2, 0.25) is 0 Å². The summed E-state index contributed by atoms with van der Waals surface area (Å²) in [4.78, 5) is 23.9. The van der Waals surface area contributed by atoms with Crippen LogP contribution >= 0.6 is 0 Å². The molecule has 0 aliphatic rings. The molecule has 0 fully saturated rings. The Morgan fingerprint density at radius 2 is 1.84 bits per heavy atom. The molecule has 1 amide bonds. The zero-order valence-corrected chi connectivity index (χ0v) is 11.7. The number of hydrogen-bond donors (Lipinski definition) is 1. The maximum Gasteiger partial charge on any atom is 0.338 e. The molecular weight excluding hydrogens is 242 g/mol. The standard InChI is InChI=1S/C15H21NO3/c1-4-5-10-19-15(18)13-9-7-6-8-12(13)14(17)16-11(2)3/h6-9,11H,4-5,10H2,1-3H3,(H,16,17). The second kappa shape index (κ2) is 7.56. The lowest BCUT2D eigenvalue weighted by Crippen LogP contribution is -2.31. The Morgan fingerprint density at radius 3 is 2.42 bits per heavy atom. The first-order valence-electron chi connectivity index (χ1n) is 6.63. The Morgan fingerprint density at radius 1 is 1.21 bits per heavy atom. The Labute approximate surface area is 114 Å². The van der Waals surface area contributed by atoms with Crippen LogP contribution < -0.4 is 5.32 Å². The molecule has 0 aliphatic heterocycles. The van der Waals surface area contributed by atoms with Gasteiger partial charge in [-0.25, -0.2) is 4.79 Å². The van der Waals surface area contributed by atoms with Gasteiger partial charge in [0.1, 0.15) is 0 Å². The van der Waals surface area contributed by atoms with Crippen molar-refractivity contribution < 1.29 is 14.3 Å². The van der Waals surface area contributed by atoms with E-state index in [-0.39, 0.29) is 11.9 Å².